The lowest BCUT2D eigenvalue weighted by molar-refractivity contribution is -0.131. The second-order valence-corrected chi connectivity index (χ2v) is 12.6. The number of ether oxygens (including phenoxy) is 1. The van der Waals surface area contributed by atoms with E-state index < -0.39 is 6.10 Å². The van der Waals surface area contributed by atoms with E-state index in [2.05, 4.69) is 13.8 Å². The highest BCUT2D eigenvalue weighted by Crippen LogP contribution is 2.14. The Bertz CT molecular complexity index is 498. The van der Waals surface area contributed by atoms with Gasteiger partial charge in [0, 0.05) is 26.6 Å². The fraction of sp³-hybridized carbons (Fsp3) is 0.972. The standard InChI is InChI=1S/C36H73NO3/c1-4-6-8-10-12-14-16-18-20-22-24-26-28-30-32-40-34-35(38)33-37(3)36(39)31-29-27-25-23-21-19-17-15-13-11-9-7-5-2/h35,38H,4-34H2,1-3H3. The van der Waals surface area contributed by atoms with E-state index >= 15 is 0 Å². The van der Waals surface area contributed by atoms with Gasteiger partial charge in [0.2, 0.25) is 5.91 Å². The minimum atomic E-state index is -0.591. The zero-order valence-corrected chi connectivity index (χ0v) is 27.7. The highest BCUT2D eigenvalue weighted by atomic mass is 16.5. The van der Waals surface area contributed by atoms with E-state index in [1.165, 1.54) is 154 Å². The number of likely N-dealkylation sites (N-methyl/N-ethyl adjacent to an activating group) is 1. The summed E-state index contributed by atoms with van der Waals surface area (Å²) < 4.78 is 5.68. The van der Waals surface area contributed by atoms with Crippen LogP contribution in [0.15, 0.2) is 0 Å². The number of aliphatic hydroxyl groups excluding tert-OH is 1. The fourth-order valence-electron chi connectivity index (χ4n) is 5.57. The van der Waals surface area contributed by atoms with Crippen molar-refractivity contribution in [1.29, 1.82) is 0 Å². The van der Waals surface area contributed by atoms with Crippen LogP contribution in [0.5, 0.6) is 0 Å². The third kappa shape index (κ3) is 30.4. The van der Waals surface area contributed by atoms with Crippen LogP contribution in [0.25, 0.3) is 0 Å². The molecule has 0 radical (unpaired) electrons. The first-order chi connectivity index (χ1) is 19.6. The number of amides is 1. The molecule has 0 rings (SSSR count). The van der Waals surface area contributed by atoms with Crippen molar-refractivity contribution in [3.05, 3.63) is 0 Å². The largest absolute Gasteiger partial charge is 0.389 e. The molecule has 1 amide bonds. The number of aliphatic hydroxyl groups is 1. The van der Waals surface area contributed by atoms with Gasteiger partial charge in [-0.25, -0.2) is 0 Å². The van der Waals surface area contributed by atoms with E-state index in [4.69, 9.17) is 4.74 Å². The van der Waals surface area contributed by atoms with Crippen molar-refractivity contribution in [2.75, 3.05) is 26.8 Å². The van der Waals surface area contributed by atoms with Gasteiger partial charge in [-0.05, 0) is 12.8 Å². The molecule has 0 aromatic rings. The molecule has 1 atom stereocenters. The highest BCUT2D eigenvalue weighted by Gasteiger charge is 2.13. The third-order valence-electron chi connectivity index (χ3n) is 8.36. The molecule has 40 heavy (non-hydrogen) atoms. The molecular weight excluding hydrogens is 494 g/mol. The quantitative estimate of drug-likeness (QED) is 0.0802. The third-order valence-corrected chi connectivity index (χ3v) is 8.36. The molecule has 0 heterocycles. The van der Waals surface area contributed by atoms with Crippen LogP contribution >= 0.6 is 0 Å². The first-order valence-corrected chi connectivity index (χ1v) is 18.1. The lowest BCUT2D eigenvalue weighted by Gasteiger charge is -2.21. The van der Waals surface area contributed by atoms with Gasteiger partial charge < -0.3 is 14.7 Å². The van der Waals surface area contributed by atoms with Crippen LogP contribution in [0.1, 0.15) is 194 Å². The number of hydrogen-bond donors (Lipinski definition) is 1. The topological polar surface area (TPSA) is 49.8 Å². The first-order valence-electron chi connectivity index (χ1n) is 18.1. The van der Waals surface area contributed by atoms with Gasteiger partial charge in [0.15, 0.2) is 0 Å². The average Bonchev–Trinajstić information content (AvgIpc) is 2.95. The van der Waals surface area contributed by atoms with Gasteiger partial charge in [-0.3, -0.25) is 4.79 Å². The van der Waals surface area contributed by atoms with E-state index in [1.54, 1.807) is 11.9 Å². The Hall–Kier alpha value is -0.610. The second kappa shape index (κ2) is 32.9. The second-order valence-electron chi connectivity index (χ2n) is 12.6. The lowest BCUT2D eigenvalue weighted by Crippen LogP contribution is -2.36. The molecule has 0 aliphatic carbocycles. The van der Waals surface area contributed by atoms with E-state index in [1.807, 2.05) is 0 Å². The Labute approximate surface area is 251 Å². The molecule has 0 aromatic carbocycles. The molecule has 0 saturated heterocycles. The van der Waals surface area contributed by atoms with Crippen molar-refractivity contribution in [2.45, 2.75) is 200 Å². The summed E-state index contributed by atoms with van der Waals surface area (Å²) in [6.07, 6.45) is 36.1. The minimum Gasteiger partial charge on any atom is -0.389 e. The van der Waals surface area contributed by atoms with Gasteiger partial charge in [-0.2, -0.15) is 0 Å². The predicted octanol–water partition coefficient (Wildman–Crippen LogP) is 10.8. The van der Waals surface area contributed by atoms with E-state index in [-0.39, 0.29) is 5.91 Å². The van der Waals surface area contributed by atoms with Crippen LogP contribution < -0.4 is 0 Å². The maximum atomic E-state index is 12.4. The van der Waals surface area contributed by atoms with Gasteiger partial charge in [0.05, 0.1) is 12.7 Å². The van der Waals surface area contributed by atoms with E-state index in [9.17, 15) is 9.90 Å². The first kappa shape index (κ1) is 39.4. The van der Waals surface area contributed by atoms with Crippen molar-refractivity contribution in [2.24, 2.45) is 0 Å². The number of nitrogens with zero attached hydrogens (tertiary/aromatic N) is 1. The molecule has 0 aromatic heterocycles. The van der Waals surface area contributed by atoms with Crippen LogP contribution in [-0.2, 0) is 9.53 Å². The van der Waals surface area contributed by atoms with Gasteiger partial charge in [-0.1, -0.05) is 174 Å². The van der Waals surface area contributed by atoms with Gasteiger partial charge in [-0.15, -0.1) is 0 Å². The lowest BCUT2D eigenvalue weighted by atomic mass is 10.0. The fourth-order valence-corrected chi connectivity index (χ4v) is 5.57. The van der Waals surface area contributed by atoms with E-state index in [0.29, 0.717) is 26.2 Å². The summed E-state index contributed by atoms with van der Waals surface area (Å²) in [4.78, 5) is 14.1. The Morgan fingerprint density at radius 3 is 1.25 bits per heavy atom. The summed E-state index contributed by atoms with van der Waals surface area (Å²) in [6.45, 7) is 5.97. The van der Waals surface area contributed by atoms with Gasteiger partial charge in [0.25, 0.3) is 0 Å². The van der Waals surface area contributed by atoms with Crippen molar-refractivity contribution in [1.82, 2.24) is 4.90 Å². The van der Waals surface area contributed by atoms with Crippen LogP contribution in [0.3, 0.4) is 0 Å². The molecule has 0 aliphatic heterocycles. The number of rotatable bonds is 33. The van der Waals surface area contributed by atoms with Crippen LogP contribution in [0, 0.1) is 0 Å². The molecule has 0 spiro atoms. The number of unbranched alkanes of at least 4 members (excludes halogenated alkanes) is 25. The summed E-state index contributed by atoms with van der Waals surface area (Å²) in [5, 5.41) is 10.2. The molecule has 1 N–H and O–H groups in total. The number of hydrogen-bond acceptors (Lipinski definition) is 3. The SMILES string of the molecule is CCCCCCCCCCCCCCCCOCC(O)CN(C)C(=O)CCCCCCCCCCCCCCC. The van der Waals surface area contributed by atoms with Crippen molar-refractivity contribution < 1.29 is 14.6 Å². The van der Waals surface area contributed by atoms with Gasteiger partial charge >= 0.3 is 0 Å². The molecule has 1 unspecified atom stereocenters. The number of carbonyl (C=O) groups is 1. The zero-order chi connectivity index (χ0) is 29.4. The molecule has 4 nitrogen and oxygen atoms in total. The number of carbonyl (C=O) groups excluding carboxylic acids is 1. The van der Waals surface area contributed by atoms with Crippen molar-refractivity contribution in [3.8, 4) is 0 Å². The molecule has 0 saturated carbocycles. The maximum absolute atomic E-state index is 12.4. The Morgan fingerprint density at radius 2 is 0.875 bits per heavy atom. The zero-order valence-electron chi connectivity index (χ0n) is 27.7. The molecule has 0 fully saturated rings. The molecule has 0 bridgehead atoms. The van der Waals surface area contributed by atoms with E-state index in [0.717, 1.165) is 19.3 Å². The predicted molar refractivity (Wildman–Crippen MR) is 175 cm³/mol. The van der Waals surface area contributed by atoms with Crippen LogP contribution in [-0.4, -0.2) is 48.8 Å². The maximum Gasteiger partial charge on any atom is 0.222 e. The Kier molecular flexibility index (Phi) is 32.4. The Morgan fingerprint density at radius 1 is 0.550 bits per heavy atom. The normalized spacial score (nSPS) is 12.2. The molecule has 240 valence electrons. The summed E-state index contributed by atoms with van der Waals surface area (Å²) >= 11 is 0. The monoisotopic (exact) mass is 568 g/mol. The summed E-state index contributed by atoms with van der Waals surface area (Å²) in [5.74, 6) is 0.147. The van der Waals surface area contributed by atoms with Crippen LogP contribution in [0.4, 0.5) is 0 Å². The summed E-state index contributed by atoms with van der Waals surface area (Å²) in [6, 6.07) is 0. The van der Waals surface area contributed by atoms with Gasteiger partial charge in [0.1, 0.15) is 0 Å². The summed E-state index contributed by atoms with van der Waals surface area (Å²) in [5.41, 5.74) is 0. The Balaban J connectivity index is 3.39. The highest BCUT2D eigenvalue weighted by molar-refractivity contribution is 5.75. The molecular formula is C36H73NO3. The minimum absolute atomic E-state index is 0.147. The molecule has 0 aliphatic rings. The van der Waals surface area contributed by atoms with Crippen molar-refractivity contribution in [3.63, 3.8) is 0 Å². The average molecular weight is 568 g/mol. The molecule has 4 heteroatoms. The smallest absolute Gasteiger partial charge is 0.222 e. The van der Waals surface area contributed by atoms with Crippen molar-refractivity contribution >= 4 is 5.91 Å². The van der Waals surface area contributed by atoms with Crippen LogP contribution in [0.2, 0.25) is 0 Å². The summed E-state index contributed by atoms with van der Waals surface area (Å²) in [7, 11) is 1.81.